The van der Waals surface area contributed by atoms with Crippen LogP contribution >= 0.6 is 35.0 Å². The van der Waals surface area contributed by atoms with E-state index in [4.69, 9.17) is 27.9 Å². The second kappa shape index (κ2) is 10.0. The maximum absolute atomic E-state index is 12.6. The molecular formula is C24H22Cl2N2O2S. The van der Waals surface area contributed by atoms with E-state index < -0.39 is 6.04 Å². The van der Waals surface area contributed by atoms with Gasteiger partial charge >= 0.3 is 0 Å². The van der Waals surface area contributed by atoms with Gasteiger partial charge in [0.05, 0.1) is 22.0 Å². The molecule has 7 heteroatoms. The standard InChI is InChI=1S/C24H22Cl2N2O2S/c1-2-15-6-9-17(27-14-15)12-13-30-18-10-7-16(8-11-18)23-28-22(24(29)31-23)19-4-3-5-20(25)21(19)26/h3-11,14,22-23,28H,2,12-13H2,1H3. The molecule has 1 aliphatic rings. The summed E-state index contributed by atoms with van der Waals surface area (Å²) >= 11 is 13.7. The van der Waals surface area contributed by atoms with Crippen molar-refractivity contribution in [1.29, 1.82) is 0 Å². The van der Waals surface area contributed by atoms with Crippen molar-refractivity contribution in [3.8, 4) is 5.75 Å². The van der Waals surface area contributed by atoms with E-state index >= 15 is 0 Å². The number of hydrogen-bond donors (Lipinski definition) is 1. The summed E-state index contributed by atoms with van der Waals surface area (Å²) in [5.74, 6) is 0.790. The molecule has 31 heavy (non-hydrogen) atoms. The van der Waals surface area contributed by atoms with Crippen molar-refractivity contribution in [1.82, 2.24) is 10.3 Å². The Labute approximate surface area is 196 Å². The lowest BCUT2D eigenvalue weighted by Crippen LogP contribution is -2.20. The molecule has 1 saturated heterocycles. The van der Waals surface area contributed by atoms with E-state index in [1.807, 2.05) is 42.6 Å². The fourth-order valence-corrected chi connectivity index (χ4v) is 4.86. The van der Waals surface area contributed by atoms with E-state index in [-0.39, 0.29) is 10.5 Å². The Kier molecular flexibility index (Phi) is 7.18. The summed E-state index contributed by atoms with van der Waals surface area (Å²) in [5, 5.41) is 4.09. The molecular weight excluding hydrogens is 451 g/mol. The van der Waals surface area contributed by atoms with Gasteiger partial charge in [-0.15, -0.1) is 0 Å². The van der Waals surface area contributed by atoms with Crippen molar-refractivity contribution in [2.75, 3.05) is 6.61 Å². The number of rotatable bonds is 7. The number of aryl methyl sites for hydroxylation is 1. The van der Waals surface area contributed by atoms with Crippen LogP contribution in [-0.2, 0) is 17.6 Å². The van der Waals surface area contributed by atoms with Gasteiger partial charge in [-0.3, -0.25) is 15.1 Å². The Morgan fingerprint density at radius 3 is 2.61 bits per heavy atom. The van der Waals surface area contributed by atoms with E-state index in [0.29, 0.717) is 22.2 Å². The molecule has 0 spiro atoms. The molecule has 4 nitrogen and oxygen atoms in total. The van der Waals surface area contributed by atoms with E-state index in [1.54, 1.807) is 12.1 Å². The Morgan fingerprint density at radius 2 is 1.90 bits per heavy atom. The van der Waals surface area contributed by atoms with Crippen molar-refractivity contribution in [2.45, 2.75) is 31.2 Å². The number of hydrogen-bond acceptors (Lipinski definition) is 5. The van der Waals surface area contributed by atoms with E-state index in [2.05, 4.69) is 23.3 Å². The Hall–Kier alpha value is -2.05. The fraction of sp³-hybridized carbons (Fsp3) is 0.250. The van der Waals surface area contributed by atoms with Gasteiger partial charge in [0.25, 0.3) is 0 Å². The van der Waals surface area contributed by atoms with Crippen LogP contribution in [0, 0.1) is 0 Å². The van der Waals surface area contributed by atoms with Crippen LogP contribution in [0.15, 0.2) is 60.8 Å². The summed E-state index contributed by atoms with van der Waals surface area (Å²) in [6.07, 6.45) is 3.66. The Bertz CT molecular complexity index is 1060. The average Bonchev–Trinajstić information content (AvgIpc) is 3.18. The molecule has 2 atom stereocenters. The highest BCUT2D eigenvalue weighted by molar-refractivity contribution is 8.14. The quantitative estimate of drug-likeness (QED) is 0.445. The minimum Gasteiger partial charge on any atom is -0.493 e. The van der Waals surface area contributed by atoms with Crippen LogP contribution in [0.2, 0.25) is 10.0 Å². The van der Waals surface area contributed by atoms with Gasteiger partial charge in [0.2, 0.25) is 5.12 Å². The molecule has 1 aromatic heterocycles. The molecule has 0 bridgehead atoms. The smallest absolute Gasteiger partial charge is 0.212 e. The van der Waals surface area contributed by atoms with Crippen molar-refractivity contribution < 1.29 is 9.53 Å². The molecule has 160 valence electrons. The third kappa shape index (κ3) is 5.24. The molecule has 1 fully saturated rings. The summed E-state index contributed by atoms with van der Waals surface area (Å²) in [6.45, 7) is 2.67. The normalized spacial score (nSPS) is 18.4. The SMILES string of the molecule is CCc1ccc(CCOc2ccc(C3NC(c4cccc(Cl)c4Cl)C(=O)S3)cc2)nc1. The number of pyridine rings is 1. The molecule has 1 aliphatic heterocycles. The average molecular weight is 473 g/mol. The van der Waals surface area contributed by atoms with Gasteiger partial charge in [0.15, 0.2) is 0 Å². The lowest BCUT2D eigenvalue weighted by Gasteiger charge is -2.15. The number of halogens is 2. The van der Waals surface area contributed by atoms with Crippen LogP contribution in [0.25, 0.3) is 0 Å². The zero-order chi connectivity index (χ0) is 21.8. The molecule has 0 saturated carbocycles. The van der Waals surface area contributed by atoms with E-state index in [9.17, 15) is 4.79 Å². The molecule has 2 aromatic carbocycles. The summed E-state index contributed by atoms with van der Waals surface area (Å²) in [7, 11) is 0. The Balaban J connectivity index is 1.34. The van der Waals surface area contributed by atoms with Crippen LogP contribution in [0.3, 0.4) is 0 Å². The number of ether oxygens (including phenoxy) is 1. The largest absolute Gasteiger partial charge is 0.493 e. The number of nitrogens with one attached hydrogen (secondary N) is 1. The van der Waals surface area contributed by atoms with Crippen molar-refractivity contribution in [2.24, 2.45) is 0 Å². The predicted molar refractivity (Wildman–Crippen MR) is 127 cm³/mol. The topological polar surface area (TPSA) is 51.2 Å². The summed E-state index contributed by atoms with van der Waals surface area (Å²) in [5.41, 5.74) is 3.96. The summed E-state index contributed by atoms with van der Waals surface area (Å²) in [4.78, 5) is 17.0. The van der Waals surface area contributed by atoms with Crippen molar-refractivity contribution in [3.05, 3.63) is 93.2 Å². The van der Waals surface area contributed by atoms with Crippen LogP contribution in [0.4, 0.5) is 0 Å². The molecule has 2 heterocycles. The van der Waals surface area contributed by atoms with Gasteiger partial charge in [-0.25, -0.2) is 0 Å². The first-order valence-corrected chi connectivity index (χ1v) is 11.8. The maximum atomic E-state index is 12.6. The third-order valence-corrected chi connectivity index (χ3v) is 7.13. The Morgan fingerprint density at radius 1 is 1.10 bits per heavy atom. The number of aromatic nitrogens is 1. The molecule has 2 unspecified atom stereocenters. The monoisotopic (exact) mass is 472 g/mol. The first kappa shape index (κ1) is 22.2. The van der Waals surface area contributed by atoms with Gasteiger partial charge in [-0.05, 0) is 47.4 Å². The second-order valence-corrected chi connectivity index (χ2v) is 9.13. The van der Waals surface area contributed by atoms with Crippen LogP contribution in [0.1, 0.15) is 40.7 Å². The zero-order valence-electron chi connectivity index (χ0n) is 17.0. The predicted octanol–water partition coefficient (Wildman–Crippen LogP) is 6.18. The maximum Gasteiger partial charge on any atom is 0.212 e. The zero-order valence-corrected chi connectivity index (χ0v) is 19.3. The third-order valence-electron chi connectivity index (χ3n) is 5.18. The van der Waals surface area contributed by atoms with Gasteiger partial charge in [0.1, 0.15) is 11.8 Å². The molecule has 1 N–H and O–H groups in total. The summed E-state index contributed by atoms with van der Waals surface area (Å²) in [6, 6.07) is 16.8. The van der Waals surface area contributed by atoms with Crippen LogP contribution in [-0.4, -0.2) is 16.7 Å². The molecule has 4 rings (SSSR count). The molecule has 3 aromatic rings. The minimum atomic E-state index is -0.483. The van der Waals surface area contributed by atoms with Crippen molar-refractivity contribution >= 4 is 40.1 Å². The van der Waals surface area contributed by atoms with E-state index in [0.717, 1.165) is 29.8 Å². The van der Waals surface area contributed by atoms with Gasteiger partial charge in [0, 0.05) is 18.3 Å². The fourth-order valence-electron chi connectivity index (χ4n) is 3.39. The molecule has 0 aliphatic carbocycles. The first-order valence-electron chi connectivity index (χ1n) is 10.1. The number of benzene rings is 2. The number of nitrogens with zero attached hydrogens (tertiary/aromatic N) is 1. The lowest BCUT2D eigenvalue weighted by atomic mass is 10.1. The first-order chi connectivity index (χ1) is 15.0. The highest BCUT2D eigenvalue weighted by atomic mass is 35.5. The highest BCUT2D eigenvalue weighted by Gasteiger charge is 2.36. The lowest BCUT2D eigenvalue weighted by molar-refractivity contribution is -0.112. The van der Waals surface area contributed by atoms with Gasteiger partial charge in [-0.1, -0.05) is 72.2 Å². The van der Waals surface area contributed by atoms with Crippen LogP contribution in [0.5, 0.6) is 5.75 Å². The van der Waals surface area contributed by atoms with Gasteiger partial charge in [-0.2, -0.15) is 0 Å². The minimum absolute atomic E-state index is 0.0242. The van der Waals surface area contributed by atoms with Gasteiger partial charge < -0.3 is 4.74 Å². The number of carbonyl (C=O) groups is 1. The van der Waals surface area contributed by atoms with Crippen LogP contribution < -0.4 is 10.1 Å². The number of thioether (sulfide) groups is 1. The van der Waals surface area contributed by atoms with Crippen molar-refractivity contribution in [3.63, 3.8) is 0 Å². The second-order valence-electron chi connectivity index (χ2n) is 7.24. The molecule has 0 radical (unpaired) electrons. The summed E-state index contributed by atoms with van der Waals surface area (Å²) < 4.78 is 5.86. The highest BCUT2D eigenvalue weighted by Crippen LogP contribution is 2.43. The molecule has 0 amide bonds. The number of carbonyl (C=O) groups excluding carboxylic acids is 1. The van der Waals surface area contributed by atoms with E-state index in [1.165, 1.54) is 17.3 Å².